The van der Waals surface area contributed by atoms with E-state index in [0.29, 0.717) is 44.4 Å². The molecule has 1 N–H and O–H groups in total. The Morgan fingerprint density at radius 3 is 2.60 bits per heavy atom. The summed E-state index contributed by atoms with van der Waals surface area (Å²) in [4.78, 5) is 12.6. The number of amides is 1. The molecule has 0 bridgehead atoms. The number of carbonyl (C=O) groups excluding carboxylic acids is 1. The summed E-state index contributed by atoms with van der Waals surface area (Å²) in [7, 11) is 0. The van der Waals surface area contributed by atoms with Gasteiger partial charge in [0.15, 0.2) is 5.69 Å². The molecule has 1 aromatic heterocycles. The Hall–Kier alpha value is -3.10. The fourth-order valence-corrected chi connectivity index (χ4v) is 2.91. The average Bonchev–Trinajstić information content (AvgIpc) is 3.14. The van der Waals surface area contributed by atoms with Crippen molar-refractivity contribution in [3.05, 3.63) is 76.9 Å². The van der Waals surface area contributed by atoms with Crippen LogP contribution in [0.25, 0.3) is 5.69 Å². The summed E-state index contributed by atoms with van der Waals surface area (Å²) in [5.74, 6) is -0.657. The second-order valence-corrected chi connectivity index (χ2v) is 6.66. The van der Waals surface area contributed by atoms with Crippen molar-refractivity contribution in [3.8, 4) is 5.69 Å². The highest BCUT2D eigenvalue weighted by molar-refractivity contribution is 5.93. The van der Waals surface area contributed by atoms with E-state index in [-0.39, 0.29) is 17.4 Å². The number of rotatable bonds is 10. The first kappa shape index (κ1) is 21.6. The van der Waals surface area contributed by atoms with Crippen LogP contribution in [0.2, 0.25) is 0 Å². The molecule has 3 aromatic rings. The summed E-state index contributed by atoms with van der Waals surface area (Å²) < 4.78 is 25.5. The topological polar surface area (TPSA) is 78.3 Å². The maximum absolute atomic E-state index is 13.1. The normalized spacial score (nSPS) is 10.9. The number of hydrogen-bond acceptors (Lipinski definition) is 5. The van der Waals surface area contributed by atoms with Crippen LogP contribution in [0.5, 0.6) is 0 Å². The van der Waals surface area contributed by atoms with Crippen molar-refractivity contribution in [2.75, 3.05) is 19.8 Å². The van der Waals surface area contributed by atoms with Crippen LogP contribution < -0.4 is 5.32 Å². The number of nitrogens with zero attached hydrogens (tertiary/aromatic N) is 3. The Bertz CT molecular complexity index is 973. The second kappa shape index (κ2) is 10.6. The quantitative estimate of drug-likeness (QED) is 0.518. The summed E-state index contributed by atoms with van der Waals surface area (Å²) >= 11 is 0. The fourth-order valence-electron chi connectivity index (χ4n) is 2.91. The molecule has 0 aliphatic carbocycles. The van der Waals surface area contributed by atoms with Crippen LogP contribution in [0, 0.1) is 12.7 Å². The van der Waals surface area contributed by atoms with Gasteiger partial charge in [-0.1, -0.05) is 29.5 Å². The molecule has 0 aliphatic rings. The van der Waals surface area contributed by atoms with Gasteiger partial charge in [-0.05, 0) is 49.2 Å². The van der Waals surface area contributed by atoms with Gasteiger partial charge in [0.1, 0.15) is 5.82 Å². The lowest BCUT2D eigenvalue weighted by Gasteiger charge is -2.08. The molecule has 2 aromatic carbocycles. The van der Waals surface area contributed by atoms with E-state index in [2.05, 4.69) is 15.6 Å². The molecule has 1 amide bonds. The molecule has 0 atom stereocenters. The van der Waals surface area contributed by atoms with Gasteiger partial charge in [-0.2, -0.15) is 0 Å². The molecule has 0 spiro atoms. The maximum atomic E-state index is 13.1. The van der Waals surface area contributed by atoms with Gasteiger partial charge in [-0.15, -0.1) is 5.10 Å². The van der Waals surface area contributed by atoms with E-state index in [1.807, 2.05) is 31.2 Å². The zero-order chi connectivity index (χ0) is 21.3. The lowest BCUT2D eigenvalue weighted by molar-refractivity contribution is 0.0453. The molecule has 0 saturated carbocycles. The van der Waals surface area contributed by atoms with Crippen LogP contribution in [-0.4, -0.2) is 40.7 Å². The number of hydrogen-bond donors (Lipinski definition) is 1. The highest BCUT2D eigenvalue weighted by Gasteiger charge is 2.17. The van der Waals surface area contributed by atoms with Gasteiger partial charge >= 0.3 is 0 Å². The van der Waals surface area contributed by atoms with Crippen LogP contribution in [-0.2, 0) is 22.6 Å². The van der Waals surface area contributed by atoms with Crippen molar-refractivity contribution in [1.82, 2.24) is 20.3 Å². The molecule has 3 rings (SSSR count). The summed E-state index contributed by atoms with van der Waals surface area (Å²) in [5.41, 5.74) is 3.43. The van der Waals surface area contributed by atoms with Crippen LogP contribution >= 0.6 is 0 Å². The van der Waals surface area contributed by atoms with E-state index >= 15 is 0 Å². The fraction of sp³-hybridized carbons (Fsp3) is 0.318. The van der Waals surface area contributed by atoms with E-state index < -0.39 is 0 Å². The Balaban J connectivity index is 1.57. The van der Waals surface area contributed by atoms with E-state index in [9.17, 15) is 9.18 Å². The number of ether oxygens (including phenoxy) is 2. The number of aromatic nitrogens is 3. The van der Waals surface area contributed by atoms with Crippen LogP contribution in [0.3, 0.4) is 0 Å². The highest BCUT2D eigenvalue weighted by Crippen LogP contribution is 2.13. The summed E-state index contributed by atoms with van der Waals surface area (Å²) in [6.07, 6.45) is 0. The Kier molecular flexibility index (Phi) is 7.64. The van der Waals surface area contributed by atoms with Crippen molar-refractivity contribution in [3.63, 3.8) is 0 Å². The summed E-state index contributed by atoms with van der Waals surface area (Å²) in [6.45, 7) is 6.33. The predicted octanol–water partition coefficient (Wildman–Crippen LogP) is 3.20. The molecule has 7 nitrogen and oxygen atoms in total. The van der Waals surface area contributed by atoms with Crippen molar-refractivity contribution >= 4 is 5.91 Å². The van der Waals surface area contributed by atoms with E-state index in [1.165, 1.54) is 16.8 Å². The number of benzene rings is 2. The molecule has 158 valence electrons. The lowest BCUT2D eigenvalue weighted by Crippen LogP contribution is -2.24. The van der Waals surface area contributed by atoms with Gasteiger partial charge in [0, 0.05) is 13.2 Å². The highest BCUT2D eigenvalue weighted by atomic mass is 19.1. The largest absolute Gasteiger partial charge is 0.379 e. The summed E-state index contributed by atoms with van der Waals surface area (Å²) in [6, 6.07) is 13.7. The molecular weight excluding hydrogens is 387 g/mol. The first-order valence-corrected chi connectivity index (χ1v) is 9.78. The van der Waals surface area contributed by atoms with Gasteiger partial charge < -0.3 is 14.8 Å². The zero-order valence-corrected chi connectivity index (χ0v) is 17.1. The molecule has 0 radical (unpaired) electrons. The van der Waals surface area contributed by atoms with Crippen molar-refractivity contribution in [2.24, 2.45) is 0 Å². The first-order valence-electron chi connectivity index (χ1n) is 9.78. The van der Waals surface area contributed by atoms with Crippen LogP contribution in [0.1, 0.15) is 34.2 Å². The van der Waals surface area contributed by atoms with Gasteiger partial charge in [0.25, 0.3) is 5.91 Å². The van der Waals surface area contributed by atoms with E-state index in [4.69, 9.17) is 9.47 Å². The zero-order valence-electron chi connectivity index (χ0n) is 17.1. The minimum Gasteiger partial charge on any atom is -0.379 e. The van der Waals surface area contributed by atoms with E-state index in [1.54, 1.807) is 19.1 Å². The van der Waals surface area contributed by atoms with Crippen LogP contribution in [0.15, 0.2) is 48.5 Å². The average molecular weight is 412 g/mol. The lowest BCUT2D eigenvalue weighted by atomic mass is 10.1. The minimum absolute atomic E-state index is 0.231. The van der Waals surface area contributed by atoms with E-state index in [0.717, 1.165) is 11.1 Å². The third kappa shape index (κ3) is 5.71. The molecular formula is C22H25FN4O3. The molecule has 0 aliphatic heterocycles. The van der Waals surface area contributed by atoms with Crippen molar-refractivity contribution in [2.45, 2.75) is 27.0 Å². The molecule has 30 heavy (non-hydrogen) atoms. The van der Waals surface area contributed by atoms with Gasteiger partial charge in [0.05, 0.1) is 31.2 Å². The standard InChI is InChI=1S/C22H25FN4O3/c1-3-29-11-12-30-15-18-6-4-5-17(13-18)14-24-22(28)21-16(2)27(26-25-21)20-9-7-19(23)8-10-20/h4-10,13H,3,11-12,14-15H2,1-2H3,(H,24,28). The Morgan fingerprint density at radius 2 is 1.83 bits per heavy atom. The minimum atomic E-state index is -0.337. The van der Waals surface area contributed by atoms with Crippen LogP contribution in [0.4, 0.5) is 4.39 Å². The predicted molar refractivity (Wildman–Crippen MR) is 110 cm³/mol. The molecule has 8 heteroatoms. The number of nitrogens with one attached hydrogen (secondary N) is 1. The monoisotopic (exact) mass is 412 g/mol. The number of carbonyl (C=O) groups is 1. The second-order valence-electron chi connectivity index (χ2n) is 6.66. The number of halogens is 1. The molecule has 1 heterocycles. The smallest absolute Gasteiger partial charge is 0.274 e. The first-order chi connectivity index (χ1) is 14.6. The molecule has 0 fully saturated rings. The SMILES string of the molecule is CCOCCOCc1cccc(CNC(=O)c2nnn(-c3ccc(F)cc3)c2C)c1. The van der Waals surface area contributed by atoms with Gasteiger partial charge in [-0.3, -0.25) is 4.79 Å². The Labute approximate surface area is 174 Å². The van der Waals surface area contributed by atoms with Crippen molar-refractivity contribution in [1.29, 1.82) is 0 Å². The molecule has 0 unspecified atom stereocenters. The van der Waals surface area contributed by atoms with Gasteiger partial charge in [0.2, 0.25) is 0 Å². The third-order valence-electron chi connectivity index (χ3n) is 4.47. The van der Waals surface area contributed by atoms with Crippen molar-refractivity contribution < 1.29 is 18.7 Å². The summed E-state index contributed by atoms with van der Waals surface area (Å²) in [5, 5.41) is 10.9. The maximum Gasteiger partial charge on any atom is 0.274 e. The van der Waals surface area contributed by atoms with Gasteiger partial charge in [-0.25, -0.2) is 9.07 Å². The third-order valence-corrected chi connectivity index (χ3v) is 4.47. The molecule has 0 saturated heterocycles. The Morgan fingerprint density at radius 1 is 1.10 bits per heavy atom.